The number of rotatable bonds is 6. The van der Waals surface area contributed by atoms with E-state index in [1.165, 1.54) is 4.90 Å². The molecular weight excluding hydrogens is 394 g/mol. The van der Waals surface area contributed by atoms with Gasteiger partial charge in [-0.25, -0.2) is 0 Å². The first-order chi connectivity index (χ1) is 13.3. The second kappa shape index (κ2) is 9.76. The largest absolute Gasteiger partial charge is 0.482 e. The molecule has 8 nitrogen and oxygen atoms in total. The number of halogens is 1. The second-order valence-corrected chi connectivity index (χ2v) is 7.38. The van der Waals surface area contributed by atoms with Crippen molar-refractivity contribution in [3.05, 3.63) is 41.7 Å². The minimum Gasteiger partial charge on any atom is -0.482 e. The lowest BCUT2D eigenvalue weighted by Gasteiger charge is -2.19. The number of aromatic nitrogens is 2. The number of aryl methyl sites for hydroxylation is 2. The topological polar surface area (TPSA) is 88.5 Å². The third-order valence-corrected chi connectivity index (χ3v) is 4.95. The van der Waals surface area contributed by atoms with Crippen LogP contribution in [-0.4, -0.2) is 60.3 Å². The van der Waals surface area contributed by atoms with Crippen molar-refractivity contribution in [3.8, 4) is 5.75 Å². The van der Waals surface area contributed by atoms with Crippen molar-refractivity contribution in [2.75, 3.05) is 39.1 Å². The van der Waals surface area contributed by atoms with Gasteiger partial charge in [-0.05, 0) is 30.2 Å². The first-order valence-corrected chi connectivity index (χ1v) is 9.29. The van der Waals surface area contributed by atoms with Crippen molar-refractivity contribution in [3.63, 3.8) is 0 Å². The summed E-state index contributed by atoms with van der Waals surface area (Å²) in [5.41, 5.74) is 2.60. The van der Waals surface area contributed by atoms with Crippen LogP contribution in [0.15, 0.2) is 30.6 Å². The Morgan fingerprint density at radius 3 is 2.76 bits per heavy atom. The van der Waals surface area contributed by atoms with Crippen molar-refractivity contribution in [2.24, 2.45) is 13.0 Å². The van der Waals surface area contributed by atoms with E-state index in [9.17, 15) is 9.59 Å². The van der Waals surface area contributed by atoms with Crippen LogP contribution in [0, 0.1) is 12.8 Å². The third-order valence-electron chi connectivity index (χ3n) is 4.95. The Labute approximate surface area is 177 Å². The molecular formula is C20H28ClN5O3. The van der Waals surface area contributed by atoms with E-state index in [0.29, 0.717) is 18.0 Å². The normalized spacial score (nSPS) is 18.1. The standard InChI is InChI=1S/C20H27N5O3.ClH/c1-13-5-6-17(18(7-13)28-12-19(26)24(2)3)23-20(27)16-10-21-9-15(16)14-8-22-25(4)11-14;/h5-8,11,15-16,21H,9-10,12H2,1-4H3,(H,23,27);1H/t15-,16+;/m1./s1. The predicted molar refractivity (Wildman–Crippen MR) is 114 cm³/mol. The number of hydrogen-bond donors (Lipinski definition) is 2. The fraction of sp³-hybridized carbons (Fsp3) is 0.450. The highest BCUT2D eigenvalue weighted by atomic mass is 35.5. The molecule has 0 bridgehead atoms. The molecule has 3 rings (SSSR count). The van der Waals surface area contributed by atoms with Gasteiger partial charge in [0.1, 0.15) is 5.75 Å². The Hall–Kier alpha value is -2.58. The predicted octanol–water partition coefficient (Wildman–Crippen LogP) is 1.56. The summed E-state index contributed by atoms with van der Waals surface area (Å²) in [5, 5.41) is 10.5. The van der Waals surface area contributed by atoms with Crippen LogP contribution in [0.25, 0.3) is 0 Å². The van der Waals surface area contributed by atoms with Crippen molar-refractivity contribution >= 4 is 29.9 Å². The smallest absolute Gasteiger partial charge is 0.259 e. The van der Waals surface area contributed by atoms with Crippen LogP contribution in [0.5, 0.6) is 5.75 Å². The Morgan fingerprint density at radius 2 is 2.10 bits per heavy atom. The van der Waals surface area contributed by atoms with Gasteiger partial charge in [0, 0.05) is 46.3 Å². The number of nitrogens with one attached hydrogen (secondary N) is 2. The zero-order chi connectivity index (χ0) is 20.3. The summed E-state index contributed by atoms with van der Waals surface area (Å²) in [4.78, 5) is 26.3. The van der Waals surface area contributed by atoms with Gasteiger partial charge in [0.15, 0.2) is 6.61 Å². The average Bonchev–Trinajstić information content (AvgIpc) is 3.30. The molecule has 1 aromatic carbocycles. The molecule has 1 aliphatic heterocycles. The third kappa shape index (κ3) is 5.48. The molecule has 2 aromatic rings. The summed E-state index contributed by atoms with van der Waals surface area (Å²) in [6.07, 6.45) is 3.76. The SMILES string of the molecule is Cc1ccc(NC(=O)[C@H]2CNC[C@@H]2c2cnn(C)c2)c(OCC(=O)N(C)C)c1.Cl. The molecule has 2 amide bonds. The van der Waals surface area contributed by atoms with Crippen molar-refractivity contribution in [2.45, 2.75) is 12.8 Å². The van der Waals surface area contributed by atoms with Crippen molar-refractivity contribution < 1.29 is 14.3 Å². The molecule has 158 valence electrons. The van der Waals surface area contributed by atoms with Crippen LogP contribution in [0.4, 0.5) is 5.69 Å². The molecule has 2 heterocycles. The Balaban J connectivity index is 0.00000300. The van der Waals surface area contributed by atoms with E-state index in [4.69, 9.17) is 4.74 Å². The summed E-state index contributed by atoms with van der Waals surface area (Å²) >= 11 is 0. The van der Waals surface area contributed by atoms with Gasteiger partial charge in [-0.2, -0.15) is 5.10 Å². The molecule has 9 heteroatoms. The molecule has 1 aliphatic rings. The molecule has 0 unspecified atom stereocenters. The van der Waals surface area contributed by atoms with Crippen LogP contribution < -0.4 is 15.4 Å². The molecule has 0 spiro atoms. The Morgan fingerprint density at radius 1 is 1.34 bits per heavy atom. The summed E-state index contributed by atoms with van der Waals surface area (Å²) in [7, 11) is 5.22. The summed E-state index contributed by atoms with van der Waals surface area (Å²) < 4.78 is 7.43. The number of amides is 2. The first-order valence-electron chi connectivity index (χ1n) is 9.29. The van der Waals surface area contributed by atoms with Gasteiger partial charge in [-0.15, -0.1) is 12.4 Å². The second-order valence-electron chi connectivity index (χ2n) is 7.38. The van der Waals surface area contributed by atoms with E-state index in [-0.39, 0.29) is 42.7 Å². The molecule has 0 aliphatic carbocycles. The van der Waals surface area contributed by atoms with Gasteiger partial charge in [-0.3, -0.25) is 14.3 Å². The van der Waals surface area contributed by atoms with E-state index >= 15 is 0 Å². The fourth-order valence-corrected chi connectivity index (χ4v) is 3.28. The maximum atomic E-state index is 13.0. The lowest BCUT2D eigenvalue weighted by atomic mass is 9.90. The highest BCUT2D eigenvalue weighted by molar-refractivity contribution is 5.95. The monoisotopic (exact) mass is 421 g/mol. The van der Waals surface area contributed by atoms with E-state index < -0.39 is 0 Å². The number of hydrogen-bond acceptors (Lipinski definition) is 5. The average molecular weight is 422 g/mol. The minimum atomic E-state index is -0.207. The highest BCUT2D eigenvalue weighted by Crippen LogP contribution is 2.31. The van der Waals surface area contributed by atoms with Gasteiger partial charge >= 0.3 is 0 Å². The number of nitrogens with zero attached hydrogens (tertiary/aromatic N) is 3. The number of ether oxygens (including phenoxy) is 1. The van der Waals surface area contributed by atoms with Crippen LogP contribution in [-0.2, 0) is 16.6 Å². The van der Waals surface area contributed by atoms with Gasteiger partial charge in [0.25, 0.3) is 5.91 Å². The maximum absolute atomic E-state index is 13.0. The lowest BCUT2D eigenvalue weighted by molar-refractivity contribution is -0.130. The summed E-state index contributed by atoms with van der Waals surface area (Å²) in [5.74, 6) is 0.134. The first kappa shape index (κ1) is 22.7. The Kier molecular flexibility index (Phi) is 7.64. The molecule has 0 saturated carbocycles. The van der Waals surface area contributed by atoms with Gasteiger partial charge in [-0.1, -0.05) is 6.07 Å². The molecule has 1 saturated heterocycles. The van der Waals surface area contributed by atoms with Crippen LogP contribution >= 0.6 is 12.4 Å². The zero-order valence-electron chi connectivity index (χ0n) is 17.1. The zero-order valence-corrected chi connectivity index (χ0v) is 18.0. The van der Waals surface area contributed by atoms with Crippen molar-refractivity contribution in [1.29, 1.82) is 0 Å². The molecule has 0 radical (unpaired) electrons. The van der Waals surface area contributed by atoms with Gasteiger partial charge in [0.2, 0.25) is 5.91 Å². The number of benzene rings is 1. The van der Waals surface area contributed by atoms with Crippen LogP contribution in [0.2, 0.25) is 0 Å². The number of likely N-dealkylation sites (N-methyl/N-ethyl adjacent to an activating group) is 1. The fourth-order valence-electron chi connectivity index (χ4n) is 3.28. The van der Waals surface area contributed by atoms with E-state index in [1.807, 2.05) is 44.6 Å². The van der Waals surface area contributed by atoms with E-state index in [2.05, 4.69) is 15.7 Å². The van der Waals surface area contributed by atoms with Crippen LogP contribution in [0.1, 0.15) is 17.0 Å². The number of carbonyl (C=O) groups excluding carboxylic acids is 2. The molecule has 29 heavy (non-hydrogen) atoms. The molecule has 1 fully saturated rings. The highest BCUT2D eigenvalue weighted by Gasteiger charge is 2.35. The van der Waals surface area contributed by atoms with E-state index in [0.717, 1.165) is 17.7 Å². The number of carbonyl (C=O) groups is 2. The Bertz CT molecular complexity index is 868. The van der Waals surface area contributed by atoms with Crippen molar-refractivity contribution in [1.82, 2.24) is 20.0 Å². The summed E-state index contributed by atoms with van der Waals surface area (Å²) in [6.45, 7) is 3.19. The van der Waals surface area contributed by atoms with Crippen LogP contribution in [0.3, 0.4) is 0 Å². The molecule has 1 aromatic heterocycles. The maximum Gasteiger partial charge on any atom is 0.259 e. The number of anilines is 1. The summed E-state index contributed by atoms with van der Waals surface area (Å²) in [6, 6.07) is 5.54. The van der Waals surface area contributed by atoms with E-state index in [1.54, 1.807) is 18.8 Å². The minimum absolute atomic E-state index is 0. The molecule has 2 N–H and O–H groups in total. The van der Waals surface area contributed by atoms with Gasteiger partial charge < -0.3 is 20.3 Å². The molecule has 2 atom stereocenters. The quantitative estimate of drug-likeness (QED) is 0.739. The van der Waals surface area contributed by atoms with Gasteiger partial charge in [0.05, 0.1) is 17.8 Å². The lowest BCUT2D eigenvalue weighted by Crippen LogP contribution is -2.29.